The largest absolute Gasteiger partial charge is 0.497 e. The van der Waals surface area contributed by atoms with Gasteiger partial charge in [0.05, 0.1) is 14.2 Å². The average Bonchev–Trinajstić information content (AvgIpc) is 3.14. The maximum Gasteiger partial charge on any atom is 0.263 e. The maximum absolute atomic E-state index is 12.2. The van der Waals surface area contributed by atoms with Gasteiger partial charge in [-0.25, -0.2) is 4.63 Å². The minimum Gasteiger partial charge on any atom is -0.497 e. The molecule has 1 heterocycles. The van der Waals surface area contributed by atoms with Gasteiger partial charge in [-0.2, -0.15) is 0 Å². The molecule has 1 aromatic heterocycles. The number of ether oxygens (including phenoxy) is 3. The minimum atomic E-state index is -0.402. The number of carbonyl (C=O) groups excluding carboxylic acids is 1. The minimum absolute atomic E-state index is 0.212. The lowest BCUT2D eigenvalue weighted by Crippen LogP contribution is -2.20. The molecule has 0 aliphatic heterocycles. The highest BCUT2D eigenvalue weighted by Gasteiger charge is 2.16. The second-order valence-corrected chi connectivity index (χ2v) is 5.18. The predicted octanol–water partition coefficient (Wildman–Crippen LogP) is 2.77. The number of methoxy groups -OCH3 is 2. The predicted molar refractivity (Wildman–Crippen MR) is 93.4 cm³/mol. The van der Waals surface area contributed by atoms with Crippen LogP contribution >= 0.6 is 0 Å². The number of hydrogen-bond donors (Lipinski definition) is 1. The third kappa shape index (κ3) is 3.92. The lowest BCUT2D eigenvalue weighted by atomic mass is 10.1. The third-order valence-electron chi connectivity index (χ3n) is 3.54. The summed E-state index contributed by atoms with van der Waals surface area (Å²) in [5.41, 5.74) is 1.14. The molecule has 0 fully saturated rings. The molecule has 0 aliphatic rings. The Morgan fingerprint density at radius 3 is 2.42 bits per heavy atom. The number of anilines is 1. The van der Waals surface area contributed by atoms with Crippen molar-refractivity contribution in [3.8, 4) is 28.5 Å². The highest BCUT2D eigenvalue weighted by molar-refractivity contribution is 5.94. The van der Waals surface area contributed by atoms with Crippen LogP contribution in [0.2, 0.25) is 0 Å². The Morgan fingerprint density at radius 1 is 1.00 bits per heavy atom. The van der Waals surface area contributed by atoms with Gasteiger partial charge < -0.3 is 19.5 Å². The molecule has 0 saturated carbocycles. The number of amides is 1. The molecule has 8 heteroatoms. The Hall–Kier alpha value is -3.55. The molecule has 26 heavy (non-hydrogen) atoms. The fourth-order valence-corrected chi connectivity index (χ4v) is 2.26. The number of hydrogen-bond acceptors (Lipinski definition) is 7. The Bertz CT molecular complexity index is 877. The molecule has 0 unspecified atom stereocenters. The molecule has 1 N–H and O–H groups in total. The van der Waals surface area contributed by atoms with Gasteiger partial charge in [0, 0.05) is 5.56 Å². The molecule has 0 bridgehead atoms. The van der Waals surface area contributed by atoms with E-state index in [-0.39, 0.29) is 12.4 Å². The van der Waals surface area contributed by atoms with Crippen LogP contribution in [0.5, 0.6) is 17.2 Å². The normalized spacial score (nSPS) is 10.2. The number of nitrogens with zero attached hydrogens (tertiary/aromatic N) is 2. The second kappa shape index (κ2) is 8.02. The van der Waals surface area contributed by atoms with Gasteiger partial charge in [0.25, 0.3) is 5.91 Å². The van der Waals surface area contributed by atoms with Gasteiger partial charge in [-0.15, -0.1) is 0 Å². The van der Waals surface area contributed by atoms with E-state index in [0.717, 1.165) is 5.56 Å². The van der Waals surface area contributed by atoms with Crippen molar-refractivity contribution in [3.63, 3.8) is 0 Å². The Morgan fingerprint density at radius 2 is 1.73 bits per heavy atom. The van der Waals surface area contributed by atoms with Crippen molar-refractivity contribution in [2.24, 2.45) is 0 Å². The number of aromatic nitrogens is 2. The van der Waals surface area contributed by atoms with E-state index in [1.165, 1.54) is 7.11 Å². The number of para-hydroxylation sites is 2. The van der Waals surface area contributed by atoms with Crippen LogP contribution in [0.1, 0.15) is 0 Å². The highest BCUT2D eigenvalue weighted by atomic mass is 16.6. The summed E-state index contributed by atoms with van der Waals surface area (Å²) in [7, 11) is 3.12. The molecular formula is C18H17N3O5. The molecule has 1 amide bonds. The van der Waals surface area contributed by atoms with E-state index in [9.17, 15) is 4.79 Å². The van der Waals surface area contributed by atoms with E-state index in [2.05, 4.69) is 15.6 Å². The van der Waals surface area contributed by atoms with Crippen molar-refractivity contribution in [1.29, 1.82) is 0 Å². The zero-order valence-electron chi connectivity index (χ0n) is 14.3. The van der Waals surface area contributed by atoms with Crippen molar-refractivity contribution in [2.45, 2.75) is 0 Å². The molecule has 0 spiro atoms. The molecule has 0 saturated heterocycles. The molecule has 3 aromatic rings. The Labute approximate surface area is 149 Å². The molecule has 0 radical (unpaired) electrons. The highest BCUT2D eigenvalue weighted by Crippen LogP contribution is 2.27. The molecule has 2 aromatic carbocycles. The van der Waals surface area contributed by atoms with Crippen molar-refractivity contribution < 1.29 is 23.6 Å². The number of benzene rings is 2. The van der Waals surface area contributed by atoms with Crippen LogP contribution in [0.3, 0.4) is 0 Å². The fourth-order valence-electron chi connectivity index (χ4n) is 2.26. The van der Waals surface area contributed by atoms with Crippen LogP contribution in [0.4, 0.5) is 5.82 Å². The van der Waals surface area contributed by atoms with Gasteiger partial charge in [-0.05, 0) is 46.7 Å². The van der Waals surface area contributed by atoms with E-state index in [1.54, 1.807) is 49.6 Å². The lowest BCUT2D eigenvalue weighted by molar-refractivity contribution is -0.118. The van der Waals surface area contributed by atoms with Crippen LogP contribution in [-0.4, -0.2) is 37.0 Å². The number of carbonyl (C=O) groups is 1. The van der Waals surface area contributed by atoms with Crippen LogP contribution in [0.15, 0.2) is 53.2 Å². The molecule has 0 aliphatic carbocycles. The van der Waals surface area contributed by atoms with Gasteiger partial charge >= 0.3 is 0 Å². The van der Waals surface area contributed by atoms with Gasteiger partial charge in [0.15, 0.2) is 23.8 Å². The van der Waals surface area contributed by atoms with Gasteiger partial charge in [0.1, 0.15) is 5.75 Å². The van der Waals surface area contributed by atoms with E-state index in [0.29, 0.717) is 22.9 Å². The molecule has 0 atom stereocenters. The van der Waals surface area contributed by atoms with E-state index < -0.39 is 5.91 Å². The summed E-state index contributed by atoms with van der Waals surface area (Å²) in [6.07, 6.45) is 0. The van der Waals surface area contributed by atoms with Crippen LogP contribution in [-0.2, 0) is 4.79 Å². The first kappa shape index (κ1) is 17.3. The molecular weight excluding hydrogens is 338 g/mol. The van der Waals surface area contributed by atoms with E-state index in [1.807, 2.05) is 6.07 Å². The standard InChI is InChI=1S/C18H17N3O5/c1-23-13-9-7-12(8-10-13)17-18(21-26-20-17)19-16(22)11-25-15-6-4-3-5-14(15)24-2/h3-10H,11H2,1-2H3,(H,19,21,22). The zero-order chi connectivity index (χ0) is 18.4. The van der Waals surface area contributed by atoms with Crippen LogP contribution < -0.4 is 19.5 Å². The van der Waals surface area contributed by atoms with Crippen molar-refractivity contribution in [2.75, 3.05) is 26.1 Å². The van der Waals surface area contributed by atoms with Crippen molar-refractivity contribution in [3.05, 3.63) is 48.5 Å². The van der Waals surface area contributed by atoms with Gasteiger partial charge in [0.2, 0.25) is 5.82 Å². The maximum atomic E-state index is 12.2. The SMILES string of the molecule is COc1ccc(-c2nonc2NC(=O)COc2ccccc2OC)cc1. The van der Waals surface area contributed by atoms with Crippen LogP contribution in [0, 0.1) is 0 Å². The van der Waals surface area contributed by atoms with Crippen molar-refractivity contribution in [1.82, 2.24) is 10.3 Å². The zero-order valence-corrected chi connectivity index (χ0v) is 14.3. The van der Waals surface area contributed by atoms with Crippen molar-refractivity contribution >= 4 is 11.7 Å². The average molecular weight is 355 g/mol. The summed E-state index contributed by atoms with van der Waals surface area (Å²) in [4.78, 5) is 12.2. The summed E-state index contributed by atoms with van der Waals surface area (Å²) < 4.78 is 20.5. The first-order valence-corrected chi connectivity index (χ1v) is 7.74. The first-order valence-electron chi connectivity index (χ1n) is 7.74. The summed E-state index contributed by atoms with van der Waals surface area (Å²) in [6, 6.07) is 14.2. The monoisotopic (exact) mass is 355 g/mol. The Kier molecular flexibility index (Phi) is 5.33. The summed E-state index contributed by atoms with van der Waals surface area (Å²) in [5, 5.41) is 10.2. The summed E-state index contributed by atoms with van der Waals surface area (Å²) >= 11 is 0. The second-order valence-electron chi connectivity index (χ2n) is 5.18. The van der Waals surface area contributed by atoms with Crippen LogP contribution in [0.25, 0.3) is 11.3 Å². The smallest absolute Gasteiger partial charge is 0.263 e. The fraction of sp³-hybridized carbons (Fsp3) is 0.167. The first-order chi connectivity index (χ1) is 12.7. The summed E-state index contributed by atoms with van der Waals surface area (Å²) in [5.74, 6) is 1.53. The molecule has 3 rings (SSSR count). The lowest BCUT2D eigenvalue weighted by Gasteiger charge is -2.09. The van der Waals surface area contributed by atoms with Gasteiger partial charge in [-0.1, -0.05) is 12.1 Å². The molecule has 134 valence electrons. The number of rotatable bonds is 7. The van der Waals surface area contributed by atoms with Gasteiger partial charge in [-0.3, -0.25) is 4.79 Å². The third-order valence-corrected chi connectivity index (χ3v) is 3.54. The Balaban J connectivity index is 1.66. The van der Waals surface area contributed by atoms with E-state index >= 15 is 0 Å². The molecule has 8 nitrogen and oxygen atoms in total. The topological polar surface area (TPSA) is 95.7 Å². The summed E-state index contributed by atoms with van der Waals surface area (Å²) in [6.45, 7) is -0.213. The quantitative estimate of drug-likeness (QED) is 0.696. The number of nitrogens with one attached hydrogen (secondary N) is 1. The van der Waals surface area contributed by atoms with E-state index in [4.69, 9.17) is 18.8 Å².